The monoisotopic (exact) mass is 300 g/mol. The molecular formula is C17H20N2O3. The van der Waals surface area contributed by atoms with E-state index < -0.39 is 5.97 Å². The summed E-state index contributed by atoms with van der Waals surface area (Å²) in [5.74, 6) is -0.788. The fourth-order valence-electron chi connectivity index (χ4n) is 3.65. The van der Waals surface area contributed by atoms with Crippen LogP contribution >= 0.6 is 0 Å². The zero-order chi connectivity index (χ0) is 15.5. The van der Waals surface area contributed by atoms with Crippen LogP contribution < -0.4 is 5.43 Å². The van der Waals surface area contributed by atoms with Crippen LogP contribution in [0.5, 0.6) is 0 Å². The van der Waals surface area contributed by atoms with Crippen LogP contribution in [0.4, 0.5) is 0 Å². The van der Waals surface area contributed by atoms with Gasteiger partial charge in [0.15, 0.2) is 0 Å². The highest BCUT2D eigenvalue weighted by Crippen LogP contribution is 2.40. The minimum atomic E-state index is -0.704. The van der Waals surface area contributed by atoms with Gasteiger partial charge in [-0.25, -0.2) is 5.43 Å². The quantitative estimate of drug-likeness (QED) is 0.842. The number of hydrogen-bond donors (Lipinski definition) is 2. The molecule has 116 valence electrons. The largest absolute Gasteiger partial charge is 0.481 e. The van der Waals surface area contributed by atoms with Crippen molar-refractivity contribution in [3.05, 3.63) is 35.9 Å². The third-order valence-corrected chi connectivity index (χ3v) is 4.75. The molecule has 5 heteroatoms. The SMILES string of the molecule is O=C(NN=C1[C@H]2CCC[C@H]1CC(C(=O)O)C2)c1ccccc1. The van der Waals surface area contributed by atoms with Crippen LogP contribution in [-0.4, -0.2) is 22.7 Å². The molecule has 2 bridgehead atoms. The number of benzene rings is 1. The third kappa shape index (κ3) is 3.03. The maximum absolute atomic E-state index is 12.1. The predicted molar refractivity (Wildman–Crippen MR) is 82.5 cm³/mol. The molecule has 22 heavy (non-hydrogen) atoms. The molecule has 2 fully saturated rings. The van der Waals surface area contributed by atoms with E-state index in [-0.39, 0.29) is 23.7 Å². The van der Waals surface area contributed by atoms with Crippen molar-refractivity contribution < 1.29 is 14.7 Å². The summed E-state index contributed by atoms with van der Waals surface area (Å²) >= 11 is 0. The molecule has 0 aliphatic heterocycles. The summed E-state index contributed by atoms with van der Waals surface area (Å²) in [6.45, 7) is 0. The average molecular weight is 300 g/mol. The van der Waals surface area contributed by atoms with Gasteiger partial charge in [-0.05, 0) is 37.8 Å². The second-order valence-electron chi connectivity index (χ2n) is 6.17. The Bertz CT molecular complexity index is 581. The van der Waals surface area contributed by atoms with Crippen molar-refractivity contribution in [2.75, 3.05) is 0 Å². The van der Waals surface area contributed by atoms with Gasteiger partial charge in [-0.2, -0.15) is 5.10 Å². The molecule has 0 spiro atoms. The van der Waals surface area contributed by atoms with Crippen molar-refractivity contribution in [3.8, 4) is 0 Å². The summed E-state index contributed by atoms with van der Waals surface area (Å²) < 4.78 is 0. The van der Waals surface area contributed by atoms with E-state index >= 15 is 0 Å². The number of hydrogen-bond acceptors (Lipinski definition) is 3. The Balaban J connectivity index is 1.71. The highest BCUT2D eigenvalue weighted by molar-refractivity contribution is 5.97. The number of aliphatic carboxylic acids is 1. The highest BCUT2D eigenvalue weighted by Gasteiger charge is 2.40. The number of carboxylic acids is 1. The lowest BCUT2D eigenvalue weighted by atomic mass is 9.66. The van der Waals surface area contributed by atoms with Gasteiger partial charge < -0.3 is 5.11 Å². The Labute approximate surface area is 129 Å². The van der Waals surface area contributed by atoms with Crippen LogP contribution in [-0.2, 0) is 4.79 Å². The van der Waals surface area contributed by atoms with Crippen LogP contribution in [0.15, 0.2) is 35.4 Å². The zero-order valence-electron chi connectivity index (χ0n) is 12.4. The lowest BCUT2D eigenvalue weighted by Crippen LogP contribution is -2.40. The van der Waals surface area contributed by atoms with E-state index in [1.54, 1.807) is 12.1 Å². The number of carboxylic acid groups (broad SMARTS) is 1. The van der Waals surface area contributed by atoms with Gasteiger partial charge in [-0.3, -0.25) is 9.59 Å². The third-order valence-electron chi connectivity index (χ3n) is 4.75. The fraction of sp³-hybridized carbons (Fsp3) is 0.471. The van der Waals surface area contributed by atoms with E-state index in [0.29, 0.717) is 18.4 Å². The summed E-state index contributed by atoms with van der Waals surface area (Å²) in [6, 6.07) is 8.99. The van der Waals surface area contributed by atoms with E-state index in [9.17, 15) is 14.7 Å². The van der Waals surface area contributed by atoms with Crippen molar-refractivity contribution in [3.63, 3.8) is 0 Å². The smallest absolute Gasteiger partial charge is 0.306 e. The minimum Gasteiger partial charge on any atom is -0.481 e. The first-order valence-electron chi connectivity index (χ1n) is 7.81. The Morgan fingerprint density at radius 1 is 1.09 bits per heavy atom. The first-order chi connectivity index (χ1) is 10.6. The summed E-state index contributed by atoms with van der Waals surface area (Å²) in [5, 5.41) is 13.6. The standard InChI is InChI=1S/C17H20N2O3/c20-16(11-5-2-1-3-6-11)19-18-15-12-7-4-8-13(15)10-14(9-12)17(21)22/h1-3,5-6,12-14H,4,7-10H2,(H,19,20)(H,21,22)/t12-,13-,14?/m0/s1. The molecule has 0 aromatic heterocycles. The van der Waals surface area contributed by atoms with Gasteiger partial charge in [0.1, 0.15) is 0 Å². The molecule has 2 saturated carbocycles. The molecule has 0 unspecified atom stereocenters. The van der Waals surface area contributed by atoms with Gasteiger partial charge in [0, 0.05) is 23.1 Å². The fourth-order valence-corrected chi connectivity index (χ4v) is 3.65. The Morgan fingerprint density at radius 2 is 1.73 bits per heavy atom. The minimum absolute atomic E-state index is 0.199. The maximum atomic E-state index is 12.1. The molecule has 2 aliphatic rings. The number of amides is 1. The van der Waals surface area contributed by atoms with Crippen LogP contribution in [0.3, 0.4) is 0 Å². The maximum Gasteiger partial charge on any atom is 0.306 e. The topological polar surface area (TPSA) is 78.8 Å². The number of nitrogens with one attached hydrogen (secondary N) is 1. The van der Waals surface area contributed by atoms with Gasteiger partial charge in [-0.1, -0.05) is 24.6 Å². The van der Waals surface area contributed by atoms with E-state index in [1.165, 1.54) is 0 Å². The number of fused-ring (bicyclic) bond motifs is 2. The first-order valence-corrected chi connectivity index (χ1v) is 7.81. The van der Waals surface area contributed by atoms with Gasteiger partial charge in [-0.15, -0.1) is 0 Å². The second-order valence-corrected chi connectivity index (χ2v) is 6.17. The summed E-state index contributed by atoms with van der Waals surface area (Å²) in [4.78, 5) is 23.3. The summed E-state index contributed by atoms with van der Waals surface area (Å²) in [7, 11) is 0. The molecule has 1 amide bonds. The van der Waals surface area contributed by atoms with Crippen LogP contribution in [0.25, 0.3) is 0 Å². The lowest BCUT2D eigenvalue weighted by Gasteiger charge is -2.38. The van der Waals surface area contributed by atoms with Crippen molar-refractivity contribution in [1.29, 1.82) is 0 Å². The van der Waals surface area contributed by atoms with Crippen molar-refractivity contribution in [1.82, 2.24) is 5.43 Å². The van der Waals surface area contributed by atoms with E-state index in [4.69, 9.17) is 0 Å². The zero-order valence-corrected chi connectivity index (χ0v) is 12.4. The van der Waals surface area contributed by atoms with Crippen LogP contribution in [0, 0.1) is 17.8 Å². The number of carbonyl (C=O) groups excluding carboxylic acids is 1. The number of hydrazone groups is 1. The normalized spacial score (nSPS) is 27.1. The van der Waals surface area contributed by atoms with E-state index in [1.807, 2.05) is 18.2 Å². The van der Waals surface area contributed by atoms with E-state index in [2.05, 4.69) is 10.5 Å². The van der Waals surface area contributed by atoms with Gasteiger partial charge in [0.2, 0.25) is 0 Å². The first kappa shape index (κ1) is 14.8. The van der Waals surface area contributed by atoms with Gasteiger partial charge in [0.05, 0.1) is 5.92 Å². The second kappa shape index (κ2) is 6.30. The lowest BCUT2D eigenvalue weighted by molar-refractivity contribution is -0.143. The number of carbonyl (C=O) groups is 2. The molecule has 0 heterocycles. The molecule has 1 aromatic rings. The Kier molecular flexibility index (Phi) is 4.22. The Morgan fingerprint density at radius 3 is 2.32 bits per heavy atom. The molecule has 2 aliphatic carbocycles. The Hall–Kier alpha value is -2.17. The average Bonchev–Trinajstić information content (AvgIpc) is 2.52. The number of nitrogens with zero attached hydrogens (tertiary/aromatic N) is 1. The molecule has 2 atom stereocenters. The predicted octanol–water partition coefficient (Wildman–Crippen LogP) is 2.68. The molecule has 3 rings (SSSR count). The van der Waals surface area contributed by atoms with Crippen molar-refractivity contribution in [2.45, 2.75) is 32.1 Å². The van der Waals surface area contributed by atoms with Gasteiger partial charge >= 0.3 is 5.97 Å². The molecular weight excluding hydrogens is 280 g/mol. The van der Waals surface area contributed by atoms with Crippen LogP contribution in [0.1, 0.15) is 42.5 Å². The van der Waals surface area contributed by atoms with E-state index in [0.717, 1.165) is 25.0 Å². The van der Waals surface area contributed by atoms with Crippen molar-refractivity contribution >= 4 is 17.6 Å². The number of rotatable bonds is 3. The van der Waals surface area contributed by atoms with Gasteiger partial charge in [0.25, 0.3) is 5.91 Å². The highest BCUT2D eigenvalue weighted by atomic mass is 16.4. The molecule has 0 saturated heterocycles. The molecule has 1 aromatic carbocycles. The molecule has 0 radical (unpaired) electrons. The van der Waals surface area contributed by atoms with Crippen LogP contribution in [0.2, 0.25) is 0 Å². The molecule has 2 N–H and O–H groups in total. The van der Waals surface area contributed by atoms with Crippen molar-refractivity contribution in [2.24, 2.45) is 22.9 Å². The summed E-state index contributed by atoms with van der Waals surface area (Å²) in [6.07, 6.45) is 4.35. The summed E-state index contributed by atoms with van der Waals surface area (Å²) in [5.41, 5.74) is 4.22. The molecule has 5 nitrogen and oxygen atoms in total.